The highest BCUT2D eigenvalue weighted by atomic mass is 15.2. The van der Waals surface area contributed by atoms with Crippen LogP contribution in [0.4, 0.5) is 28.4 Å². The van der Waals surface area contributed by atoms with Crippen molar-refractivity contribution in [2.45, 2.75) is 19.9 Å². The zero-order valence-corrected chi connectivity index (χ0v) is 32.5. The van der Waals surface area contributed by atoms with Crippen molar-refractivity contribution in [2.75, 3.05) is 9.80 Å². The summed E-state index contributed by atoms with van der Waals surface area (Å²) >= 11 is 0. The largest absolute Gasteiger partial charge is 0.335 e. The van der Waals surface area contributed by atoms with E-state index >= 15 is 0 Å². The van der Waals surface area contributed by atoms with Gasteiger partial charge in [-0.15, -0.1) is 0 Å². The van der Waals surface area contributed by atoms with Crippen molar-refractivity contribution in [1.82, 2.24) is 0 Å². The molecule has 0 amide bonds. The van der Waals surface area contributed by atoms with Crippen LogP contribution in [0.25, 0.3) is 39.0 Å². The Balaban J connectivity index is 1.00. The summed E-state index contributed by atoms with van der Waals surface area (Å²) in [5.74, 6) is 0. The molecule has 0 N–H and O–H groups in total. The molecular formula is C55H46N2. The van der Waals surface area contributed by atoms with E-state index in [0.29, 0.717) is 0 Å². The summed E-state index contributed by atoms with van der Waals surface area (Å²) in [5, 5.41) is 0. The maximum Gasteiger partial charge on any atom is 0.0497 e. The van der Waals surface area contributed by atoms with E-state index < -0.39 is 0 Å². The lowest BCUT2D eigenvalue weighted by atomic mass is 9.99. The third-order valence-electron chi connectivity index (χ3n) is 10.5. The summed E-state index contributed by atoms with van der Waals surface area (Å²) in [6.07, 6.45) is 6.70. The summed E-state index contributed by atoms with van der Waals surface area (Å²) in [5.41, 5.74) is 15.3. The van der Waals surface area contributed by atoms with Crippen LogP contribution in [0, 0.1) is 0 Å². The van der Waals surface area contributed by atoms with Crippen LogP contribution in [-0.2, 0) is 0 Å². The second kappa shape index (κ2) is 17.5. The second-order valence-corrected chi connectivity index (χ2v) is 14.2. The van der Waals surface area contributed by atoms with E-state index in [2.05, 4.69) is 260 Å². The van der Waals surface area contributed by atoms with Crippen LogP contribution in [0.15, 0.2) is 237 Å². The Morgan fingerprint density at radius 2 is 0.684 bits per heavy atom. The molecule has 0 aliphatic carbocycles. The Labute approximate surface area is 338 Å². The fourth-order valence-electron chi connectivity index (χ4n) is 7.46. The van der Waals surface area contributed by atoms with Crippen molar-refractivity contribution in [1.29, 1.82) is 0 Å². The summed E-state index contributed by atoms with van der Waals surface area (Å²) in [4.78, 5) is 4.70. The van der Waals surface area contributed by atoms with Gasteiger partial charge in [0.05, 0.1) is 0 Å². The molecular weight excluding hydrogens is 689 g/mol. The predicted octanol–water partition coefficient (Wildman–Crippen LogP) is 15.3. The van der Waals surface area contributed by atoms with Crippen molar-refractivity contribution in [3.8, 4) is 33.4 Å². The summed E-state index contributed by atoms with van der Waals surface area (Å²) in [7, 11) is 0. The fourth-order valence-corrected chi connectivity index (χ4v) is 7.46. The lowest BCUT2D eigenvalue weighted by molar-refractivity contribution is 0.864. The smallest absolute Gasteiger partial charge is 0.0497 e. The van der Waals surface area contributed by atoms with Gasteiger partial charge >= 0.3 is 0 Å². The summed E-state index contributed by atoms with van der Waals surface area (Å²) in [6, 6.07) is 78.0. The van der Waals surface area contributed by atoms with Gasteiger partial charge in [-0.05, 0) is 119 Å². The van der Waals surface area contributed by atoms with Crippen LogP contribution in [0.2, 0.25) is 0 Å². The lowest BCUT2D eigenvalue weighted by Crippen LogP contribution is -2.26. The van der Waals surface area contributed by atoms with Gasteiger partial charge in [0, 0.05) is 34.5 Å². The minimum absolute atomic E-state index is 0.127. The minimum Gasteiger partial charge on any atom is -0.335 e. The van der Waals surface area contributed by atoms with E-state index in [1.807, 2.05) is 0 Å². The van der Waals surface area contributed by atoms with Crippen LogP contribution >= 0.6 is 0 Å². The maximum atomic E-state index is 2.39. The zero-order chi connectivity index (χ0) is 38.8. The average Bonchev–Trinajstić information content (AvgIpc) is 3.29. The monoisotopic (exact) mass is 734 g/mol. The third kappa shape index (κ3) is 8.57. The molecule has 0 radical (unpaired) electrons. The molecule has 8 rings (SSSR count). The van der Waals surface area contributed by atoms with Crippen LogP contribution in [0.5, 0.6) is 0 Å². The lowest BCUT2D eigenvalue weighted by Gasteiger charge is -2.30. The molecule has 0 saturated heterocycles. The highest BCUT2D eigenvalue weighted by molar-refractivity contribution is 5.81. The minimum atomic E-state index is 0.127. The molecule has 8 aromatic carbocycles. The summed E-state index contributed by atoms with van der Waals surface area (Å²) in [6.45, 7) is 4.35. The van der Waals surface area contributed by atoms with Gasteiger partial charge in [-0.2, -0.15) is 0 Å². The quantitative estimate of drug-likeness (QED) is 0.115. The third-order valence-corrected chi connectivity index (χ3v) is 10.5. The van der Waals surface area contributed by atoms with Crippen LogP contribution in [0.1, 0.15) is 19.4 Å². The van der Waals surface area contributed by atoms with Crippen molar-refractivity contribution in [2.24, 2.45) is 0 Å². The SMILES string of the molecule is C/C=C(\C=C/C(C)N(c1ccccc1)c1ccc(-c2ccc(-c3ccc(N(c4ccccc4)c4ccc(-c5ccccc5)cc4)cc3)cc2)cc1)c1ccccc1. The molecule has 276 valence electrons. The first-order chi connectivity index (χ1) is 28.1. The van der Waals surface area contributed by atoms with E-state index in [1.54, 1.807) is 0 Å². The topological polar surface area (TPSA) is 6.48 Å². The normalized spacial score (nSPS) is 12.0. The van der Waals surface area contributed by atoms with Gasteiger partial charge in [0.1, 0.15) is 0 Å². The van der Waals surface area contributed by atoms with Crippen molar-refractivity contribution >= 4 is 34.0 Å². The van der Waals surface area contributed by atoms with E-state index in [4.69, 9.17) is 0 Å². The number of nitrogens with zero attached hydrogens (tertiary/aromatic N) is 2. The Bertz CT molecular complexity index is 2520. The molecule has 0 fully saturated rings. The zero-order valence-electron chi connectivity index (χ0n) is 32.5. The van der Waals surface area contributed by atoms with Crippen molar-refractivity contribution in [3.05, 3.63) is 242 Å². The van der Waals surface area contributed by atoms with E-state index in [1.165, 1.54) is 44.5 Å². The second-order valence-electron chi connectivity index (χ2n) is 14.2. The summed E-state index contributed by atoms with van der Waals surface area (Å²) < 4.78 is 0. The molecule has 0 spiro atoms. The van der Waals surface area contributed by atoms with E-state index in [9.17, 15) is 0 Å². The van der Waals surface area contributed by atoms with Crippen molar-refractivity contribution in [3.63, 3.8) is 0 Å². The van der Waals surface area contributed by atoms with Gasteiger partial charge < -0.3 is 9.80 Å². The van der Waals surface area contributed by atoms with E-state index in [0.717, 1.165) is 28.4 Å². The molecule has 0 aliphatic heterocycles. The Hall–Kier alpha value is -7.16. The fraction of sp³-hybridized carbons (Fsp3) is 0.0545. The van der Waals surface area contributed by atoms with Crippen LogP contribution < -0.4 is 9.80 Å². The number of hydrogen-bond acceptors (Lipinski definition) is 2. The number of hydrogen-bond donors (Lipinski definition) is 0. The molecule has 2 heteroatoms. The molecule has 0 saturated carbocycles. The molecule has 2 nitrogen and oxygen atoms in total. The van der Waals surface area contributed by atoms with Gasteiger partial charge in [-0.1, -0.05) is 176 Å². The van der Waals surface area contributed by atoms with Crippen LogP contribution in [0.3, 0.4) is 0 Å². The van der Waals surface area contributed by atoms with Crippen LogP contribution in [-0.4, -0.2) is 6.04 Å². The molecule has 0 aliphatic rings. The van der Waals surface area contributed by atoms with Crippen molar-refractivity contribution < 1.29 is 0 Å². The Kier molecular flexibility index (Phi) is 11.3. The van der Waals surface area contributed by atoms with Gasteiger partial charge in [0.15, 0.2) is 0 Å². The Morgan fingerprint density at radius 3 is 1.12 bits per heavy atom. The molecule has 57 heavy (non-hydrogen) atoms. The van der Waals surface area contributed by atoms with E-state index in [-0.39, 0.29) is 6.04 Å². The molecule has 0 bridgehead atoms. The molecule has 0 aromatic heterocycles. The van der Waals surface area contributed by atoms with Gasteiger partial charge in [-0.3, -0.25) is 0 Å². The molecule has 1 atom stereocenters. The molecule has 0 heterocycles. The maximum absolute atomic E-state index is 2.39. The first-order valence-corrected chi connectivity index (χ1v) is 19.7. The Morgan fingerprint density at radius 1 is 0.368 bits per heavy atom. The predicted molar refractivity (Wildman–Crippen MR) is 245 cm³/mol. The number of benzene rings is 8. The first kappa shape index (κ1) is 36.8. The average molecular weight is 735 g/mol. The van der Waals surface area contributed by atoms with Gasteiger partial charge in [-0.25, -0.2) is 0 Å². The number of allylic oxidation sites excluding steroid dienone is 3. The highest BCUT2D eigenvalue weighted by Crippen LogP contribution is 2.37. The highest BCUT2D eigenvalue weighted by Gasteiger charge is 2.16. The van der Waals surface area contributed by atoms with Gasteiger partial charge in [0.25, 0.3) is 0 Å². The number of para-hydroxylation sites is 2. The van der Waals surface area contributed by atoms with Gasteiger partial charge in [0.2, 0.25) is 0 Å². The molecule has 1 unspecified atom stereocenters. The standard InChI is InChI=1S/C55H46N2/c1-3-43(44-16-8-4-9-17-44)25-24-42(2)56(51-20-12-6-13-21-51)53-36-30-49(31-37-53)46-26-28-47(29-27-46)50-34-40-55(41-35-50)57(52-22-14-7-15-23-52)54-38-32-48(33-39-54)45-18-10-5-11-19-45/h3-42H,1-2H3/b25-24-,43-3+. The first-order valence-electron chi connectivity index (χ1n) is 19.7. The number of anilines is 5. The molecule has 8 aromatic rings. The number of rotatable bonds is 12.